The van der Waals surface area contributed by atoms with Crippen molar-refractivity contribution in [3.8, 4) is 0 Å². The van der Waals surface area contributed by atoms with E-state index in [-0.39, 0.29) is 11.6 Å². The number of hydrogen-bond acceptors (Lipinski definition) is 6. The van der Waals surface area contributed by atoms with Crippen molar-refractivity contribution >= 4 is 33.9 Å². The molecule has 8 heteroatoms. The molecule has 1 fully saturated rings. The molecule has 7 rings (SSSR count). The Labute approximate surface area is 282 Å². The second-order valence-electron chi connectivity index (χ2n) is 12.4. The van der Waals surface area contributed by atoms with Crippen LogP contribution in [0.1, 0.15) is 42.1 Å². The van der Waals surface area contributed by atoms with Crippen LogP contribution in [0.3, 0.4) is 0 Å². The van der Waals surface area contributed by atoms with Crippen LogP contribution in [0.25, 0.3) is 10.8 Å². The van der Waals surface area contributed by atoms with Gasteiger partial charge in [-0.15, -0.1) is 0 Å². The fourth-order valence-electron chi connectivity index (χ4n) is 6.33. The summed E-state index contributed by atoms with van der Waals surface area (Å²) in [5.41, 5.74) is 4.66. The summed E-state index contributed by atoms with van der Waals surface area (Å²) in [5.74, 6) is 1.09. The van der Waals surface area contributed by atoms with Gasteiger partial charge in [-0.05, 0) is 80.9 Å². The summed E-state index contributed by atoms with van der Waals surface area (Å²) in [6, 6.07) is 36.9. The van der Waals surface area contributed by atoms with Crippen LogP contribution in [0.2, 0.25) is 5.02 Å². The topological polar surface area (TPSA) is 65.8 Å². The monoisotopic (exact) mass is 646 g/mol. The smallest absolute Gasteiger partial charge is 0.274 e. The van der Waals surface area contributed by atoms with Gasteiger partial charge in [0.05, 0.1) is 30.2 Å². The highest BCUT2D eigenvalue weighted by Crippen LogP contribution is 2.24. The molecule has 0 aliphatic carbocycles. The molecule has 1 unspecified atom stereocenters. The number of aliphatic imine (C=N–C) groups is 1. The van der Waals surface area contributed by atoms with E-state index in [9.17, 15) is 4.79 Å². The van der Waals surface area contributed by atoms with Gasteiger partial charge in [-0.1, -0.05) is 90.5 Å². The summed E-state index contributed by atoms with van der Waals surface area (Å²) < 4.78 is 1.76. The number of benzene rings is 4. The van der Waals surface area contributed by atoms with Crippen molar-refractivity contribution < 1.29 is 0 Å². The molecule has 0 bridgehead atoms. The quantitative estimate of drug-likeness (QED) is 0.197. The maximum Gasteiger partial charge on any atom is 0.274 e. The van der Waals surface area contributed by atoms with Gasteiger partial charge >= 0.3 is 0 Å². The number of hydrogen-bond donors (Lipinski definition) is 1. The molecule has 0 amide bonds. The molecule has 0 spiro atoms. The lowest BCUT2D eigenvalue weighted by Gasteiger charge is -2.25. The number of halogens is 1. The fraction of sp³-hybridized carbons (Fsp3) is 0.308. The third-order valence-corrected chi connectivity index (χ3v) is 9.13. The number of likely N-dealkylation sites (tertiary alicyclic amines) is 1. The van der Waals surface area contributed by atoms with Crippen molar-refractivity contribution in [3.05, 3.63) is 141 Å². The molecule has 2 aliphatic heterocycles. The van der Waals surface area contributed by atoms with Gasteiger partial charge in [0.2, 0.25) is 0 Å². The van der Waals surface area contributed by atoms with Crippen LogP contribution >= 0.6 is 11.6 Å². The van der Waals surface area contributed by atoms with Crippen molar-refractivity contribution in [2.45, 2.75) is 38.3 Å². The Hall–Kier alpha value is -4.46. The summed E-state index contributed by atoms with van der Waals surface area (Å²) in [7, 11) is 2.14. The summed E-state index contributed by atoms with van der Waals surface area (Å²) in [5, 5.41) is 10.6. The molecular formula is C39H43ClN6O. The Morgan fingerprint density at radius 1 is 0.809 bits per heavy atom. The minimum atomic E-state index is 0.0278. The molecule has 1 atom stereocenters. The van der Waals surface area contributed by atoms with Gasteiger partial charge in [0, 0.05) is 35.6 Å². The predicted molar refractivity (Wildman–Crippen MR) is 195 cm³/mol. The van der Waals surface area contributed by atoms with Gasteiger partial charge in [0.1, 0.15) is 5.84 Å². The van der Waals surface area contributed by atoms with Crippen LogP contribution in [-0.4, -0.2) is 60.3 Å². The zero-order valence-corrected chi connectivity index (χ0v) is 27.8. The Morgan fingerprint density at radius 3 is 2.23 bits per heavy atom. The van der Waals surface area contributed by atoms with Crippen LogP contribution in [0.15, 0.2) is 119 Å². The number of fused-ring (bicyclic) bond motifs is 1. The van der Waals surface area contributed by atoms with Crippen LogP contribution in [0.4, 0.5) is 5.69 Å². The van der Waals surface area contributed by atoms with E-state index in [2.05, 4.69) is 87.8 Å². The molecule has 47 heavy (non-hydrogen) atoms. The van der Waals surface area contributed by atoms with E-state index in [0.29, 0.717) is 6.42 Å². The lowest BCUT2D eigenvalue weighted by Crippen LogP contribution is -2.34. The number of anilines is 1. The van der Waals surface area contributed by atoms with Gasteiger partial charge in [0.25, 0.3) is 5.56 Å². The molecule has 3 heterocycles. The molecule has 2 aliphatic rings. The molecule has 7 nitrogen and oxygen atoms in total. The van der Waals surface area contributed by atoms with Crippen molar-refractivity contribution in [2.24, 2.45) is 4.99 Å². The van der Waals surface area contributed by atoms with Crippen molar-refractivity contribution in [1.29, 1.82) is 0 Å². The largest absolute Gasteiger partial charge is 0.370 e. The average molecular weight is 647 g/mol. The van der Waals surface area contributed by atoms with E-state index >= 15 is 0 Å². The Kier molecular flexibility index (Phi) is 11.0. The van der Waals surface area contributed by atoms with Gasteiger partial charge in [0.15, 0.2) is 0 Å². The van der Waals surface area contributed by atoms with Crippen LogP contribution < -0.4 is 15.8 Å². The van der Waals surface area contributed by atoms with E-state index in [0.717, 1.165) is 91.4 Å². The summed E-state index contributed by atoms with van der Waals surface area (Å²) >= 11 is 6.02. The standard InChI is InChI=1S/C22H24ClN3O.C17H19N3/c1-25-13-4-5-18(12-14-25)26-22(27)20-7-3-2-6-19(20)21(24-26)15-16-8-10-17(23)11-9-16;1-3-7-15(8-4-1)13-20(14-17-18-11-12-19-17)16-9-5-2-6-10-16/h2-3,6-11,18H,4-5,12-15H2,1H3;1-10H,11-14H2,(H,18,19). The molecule has 4 aromatic carbocycles. The minimum Gasteiger partial charge on any atom is -0.370 e. The first-order valence-electron chi connectivity index (χ1n) is 16.6. The molecule has 1 saturated heterocycles. The van der Waals surface area contributed by atoms with E-state index in [4.69, 9.17) is 16.7 Å². The second kappa shape index (κ2) is 15.9. The highest BCUT2D eigenvalue weighted by atomic mass is 35.5. The number of para-hydroxylation sites is 1. The lowest BCUT2D eigenvalue weighted by atomic mass is 10.0. The third kappa shape index (κ3) is 8.67. The summed E-state index contributed by atoms with van der Waals surface area (Å²) in [4.78, 5) is 22.3. The number of nitrogens with one attached hydrogen (secondary N) is 1. The highest BCUT2D eigenvalue weighted by molar-refractivity contribution is 6.30. The number of aromatic nitrogens is 2. The zero-order chi connectivity index (χ0) is 32.4. The molecular weight excluding hydrogens is 604 g/mol. The van der Waals surface area contributed by atoms with Crippen molar-refractivity contribution in [3.63, 3.8) is 0 Å². The molecule has 0 saturated carbocycles. The lowest BCUT2D eigenvalue weighted by molar-refractivity contribution is 0.334. The van der Waals surface area contributed by atoms with Crippen LogP contribution in [-0.2, 0) is 13.0 Å². The third-order valence-electron chi connectivity index (χ3n) is 8.88. The highest BCUT2D eigenvalue weighted by Gasteiger charge is 2.21. The first-order valence-corrected chi connectivity index (χ1v) is 17.0. The van der Waals surface area contributed by atoms with E-state index in [1.165, 1.54) is 11.3 Å². The maximum atomic E-state index is 13.1. The molecule has 5 aromatic rings. The average Bonchev–Trinajstić information content (AvgIpc) is 3.53. The van der Waals surface area contributed by atoms with Crippen molar-refractivity contribution in [2.75, 3.05) is 44.7 Å². The Morgan fingerprint density at radius 2 is 1.51 bits per heavy atom. The Balaban J connectivity index is 0.000000172. The first-order chi connectivity index (χ1) is 23.0. The molecule has 1 N–H and O–H groups in total. The Bertz CT molecular complexity index is 1820. The van der Waals surface area contributed by atoms with Gasteiger partial charge in [-0.3, -0.25) is 9.79 Å². The predicted octanol–water partition coefficient (Wildman–Crippen LogP) is 6.99. The fourth-order valence-corrected chi connectivity index (χ4v) is 6.46. The molecule has 242 valence electrons. The summed E-state index contributed by atoms with van der Waals surface area (Å²) in [6.45, 7) is 5.66. The van der Waals surface area contributed by atoms with Gasteiger partial charge in [-0.25, -0.2) is 4.68 Å². The van der Waals surface area contributed by atoms with Crippen LogP contribution in [0, 0.1) is 0 Å². The normalized spacial score (nSPS) is 16.5. The zero-order valence-electron chi connectivity index (χ0n) is 27.1. The number of rotatable bonds is 8. The maximum absolute atomic E-state index is 13.1. The van der Waals surface area contributed by atoms with E-state index in [1.807, 2.05) is 48.5 Å². The van der Waals surface area contributed by atoms with E-state index < -0.39 is 0 Å². The van der Waals surface area contributed by atoms with E-state index in [1.54, 1.807) is 4.68 Å². The molecule has 1 aromatic heterocycles. The van der Waals surface area contributed by atoms with Crippen molar-refractivity contribution in [1.82, 2.24) is 20.0 Å². The minimum absolute atomic E-state index is 0.0278. The first kappa shape index (κ1) is 32.5. The summed E-state index contributed by atoms with van der Waals surface area (Å²) in [6.07, 6.45) is 3.73. The van der Waals surface area contributed by atoms with Gasteiger partial charge in [-0.2, -0.15) is 5.10 Å². The second-order valence-corrected chi connectivity index (χ2v) is 12.8. The number of nitrogens with zero attached hydrogens (tertiary/aromatic N) is 5. The molecule has 0 radical (unpaired) electrons. The van der Waals surface area contributed by atoms with Gasteiger partial charge < -0.3 is 15.1 Å². The van der Waals surface area contributed by atoms with Crippen LogP contribution in [0.5, 0.6) is 0 Å². The number of amidine groups is 1. The SMILES string of the molecule is CN1CCCC(n2nc(Cc3ccc(Cl)cc3)c3ccccc3c2=O)CC1.c1ccc(CN(CC2=NCCN2)c2ccccc2)cc1.